The zero-order valence-electron chi connectivity index (χ0n) is 9.00. The third-order valence-electron chi connectivity index (χ3n) is 2.69. The third-order valence-corrected chi connectivity index (χ3v) is 2.69. The average molecular weight is 187 g/mol. The lowest BCUT2D eigenvalue weighted by Crippen LogP contribution is -2.40. The van der Waals surface area contributed by atoms with Gasteiger partial charge in [0, 0.05) is 12.6 Å². The van der Waals surface area contributed by atoms with Crippen LogP contribution in [0.5, 0.6) is 0 Å². The molecular weight excluding hydrogens is 166 g/mol. The molecule has 1 amide bonds. The fourth-order valence-corrected chi connectivity index (χ4v) is 1.31. The van der Waals surface area contributed by atoms with E-state index in [4.69, 9.17) is 5.11 Å². The number of aliphatic hydroxyl groups is 1. The Hall–Kier alpha value is -0.570. The minimum absolute atomic E-state index is 0.0718. The highest BCUT2D eigenvalue weighted by Gasteiger charge is 2.27. The maximum atomic E-state index is 10.3. The number of carbonyl (C=O) groups is 1. The van der Waals surface area contributed by atoms with Crippen molar-refractivity contribution in [3.05, 3.63) is 0 Å². The Labute approximate surface area is 80.5 Å². The van der Waals surface area contributed by atoms with E-state index in [-0.39, 0.29) is 18.1 Å². The van der Waals surface area contributed by atoms with E-state index in [1.807, 2.05) is 0 Å². The van der Waals surface area contributed by atoms with Crippen molar-refractivity contribution < 1.29 is 9.90 Å². The van der Waals surface area contributed by atoms with Crippen molar-refractivity contribution in [1.82, 2.24) is 5.32 Å². The Balaban J connectivity index is 4.26. The zero-order valence-corrected chi connectivity index (χ0v) is 9.00. The molecule has 0 spiro atoms. The van der Waals surface area contributed by atoms with Gasteiger partial charge in [-0.3, -0.25) is 4.79 Å². The van der Waals surface area contributed by atoms with Crippen molar-refractivity contribution in [3.8, 4) is 0 Å². The first kappa shape index (κ1) is 12.4. The van der Waals surface area contributed by atoms with Crippen LogP contribution in [0.1, 0.15) is 34.1 Å². The quantitative estimate of drug-likeness (QED) is 0.635. The fraction of sp³-hybridized carbons (Fsp3) is 0.900. The lowest BCUT2D eigenvalue weighted by atomic mass is 9.77. The molecule has 0 fully saturated rings. The summed E-state index contributed by atoms with van der Waals surface area (Å²) in [7, 11) is 0. The number of hydrogen-bond acceptors (Lipinski definition) is 2. The topological polar surface area (TPSA) is 49.3 Å². The number of rotatable bonds is 5. The summed E-state index contributed by atoms with van der Waals surface area (Å²) in [6.45, 7) is 8.61. The molecule has 0 aliphatic rings. The van der Waals surface area contributed by atoms with Gasteiger partial charge in [0.25, 0.3) is 0 Å². The van der Waals surface area contributed by atoms with E-state index in [1.165, 1.54) is 0 Å². The van der Waals surface area contributed by atoms with Crippen LogP contribution in [0.25, 0.3) is 0 Å². The van der Waals surface area contributed by atoms with Gasteiger partial charge in [-0.25, -0.2) is 0 Å². The van der Waals surface area contributed by atoms with E-state index in [0.717, 1.165) is 0 Å². The van der Waals surface area contributed by atoms with E-state index in [0.29, 0.717) is 18.7 Å². The fourth-order valence-electron chi connectivity index (χ4n) is 1.31. The van der Waals surface area contributed by atoms with E-state index in [1.54, 1.807) is 0 Å². The molecule has 0 heterocycles. The molecule has 0 aliphatic heterocycles. The Morgan fingerprint density at radius 3 is 2.31 bits per heavy atom. The van der Waals surface area contributed by atoms with Crippen LogP contribution < -0.4 is 5.32 Å². The van der Waals surface area contributed by atoms with Gasteiger partial charge in [-0.15, -0.1) is 0 Å². The van der Waals surface area contributed by atoms with Crippen molar-refractivity contribution in [3.63, 3.8) is 0 Å². The summed E-state index contributed by atoms with van der Waals surface area (Å²) in [5, 5.41) is 11.6. The molecule has 0 bridgehead atoms. The molecular formula is C10H21NO2. The summed E-state index contributed by atoms with van der Waals surface area (Å²) in [5.74, 6) is 0.352. The van der Waals surface area contributed by atoms with Crippen molar-refractivity contribution >= 4 is 6.41 Å². The molecule has 2 unspecified atom stereocenters. The van der Waals surface area contributed by atoms with Crippen LogP contribution in [-0.4, -0.2) is 24.2 Å². The first-order valence-electron chi connectivity index (χ1n) is 4.74. The number of nitrogens with one attached hydrogen (secondary N) is 1. The molecule has 0 aromatic rings. The second-order valence-electron chi connectivity index (χ2n) is 4.56. The molecule has 0 aromatic carbocycles. The lowest BCUT2D eigenvalue weighted by molar-refractivity contribution is -0.110. The smallest absolute Gasteiger partial charge is 0.207 e. The van der Waals surface area contributed by atoms with Crippen LogP contribution in [0, 0.1) is 11.3 Å². The van der Waals surface area contributed by atoms with E-state index < -0.39 is 0 Å². The van der Waals surface area contributed by atoms with Gasteiger partial charge in [-0.2, -0.15) is 0 Å². The van der Waals surface area contributed by atoms with Crippen LogP contribution in [0.3, 0.4) is 0 Å². The number of amides is 1. The van der Waals surface area contributed by atoms with Crippen LogP contribution in [0.15, 0.2) is 0 Å². The molecule has 2 N–H and O–H groups in total. The van der Waals surface area contributed by atoms with Gasteiger partial charge in [-0.1, -0.05) is 27.7 Å². The third kappa shape index (κ3) is 4.27. The van der Waals surface area contributed by atoms with Gasteiger partial charge < -0.3 is 10.4 Å². The largest absolute Gasteiger partial charge is 0.396 e. The van der Waals surface area contributed by atoms with Gasteiger partial charge in [0.15, 0.2) is 0 Å². The van der Waals surface area contributed by atoms with Crippen molar-refractivity contribution in [2.24, 2.45) is 11.3 Å². The first-order chi connectivity index (χ1) is 5.93. The standard InChI is InChI=1S/C10H21NO2/c1-8(10(2,3)4)9(5-6-12)11-7-13/h7-9,12H,5-6H2,1-4H3,(H,11,13). The molecule has 0 saturated carbocycles. The van der Waals surface area contributed by atoms with Crippen molar-refractivity contribution in [1.29, 1.82) is 0 Å². The Bertz CT molecular complexity index is 151. The Kier molecular flexibility index (Phi) is 4.99. The van der Waals surface area contributed by atoms with Gasteiger partial charge in [0.2, 0.25) is 6.41 Å². The molecule has 13 heavy (non-hydrogen) atoms. The average Bonchev–Trinajstić information content (AvgIpc) is 2.01. The summed E-state index contributed by atoms with van der Waals surface area (Å²) in [6.07, 6.45) is 1.33. The Morgan fingerprint density at radius 1 is 1.46 bits per heavy atom. The molecule has 0 radical (unpaired) electrons. The molecule has 0 aromatic heterocycles. The minimum atomic E-state index is 0.0718. The predicted molar refractivity (Wildman–Crippen MR) is 53.3 cm³/mol. The number of carbonyl (C=O) groups excluding carboxylic acids is 1. The second kappa shape index (κ2) is 5.22. The zero-order chi connectivity index (χ0) is 10.5. The Morgan fingerprint density at radius 2 is 2.00 bits per heavy atom. The van der Waals surface area contributed by atoms with Crippen molar-refractivity contribution in [2.75, 3.05) is 6.61 Å². The maximum absolute atomic E-state index is 10.3. The van der Waals surface area contributed by atoms with E-state index in [9.17, 15) is 4.79 Å². The van der Waals surface area contributed by atoms with Crippen molar-refractivity contribution in [2.45, 2.75) is 40.2 Å². The minimum Gasteiger partial charge on any atom is -0.396 e. The van der Waals surface area contributed by atoms with Crippen LogP contribution in [0.2, 0.25) is 0 Å². The molecule has 3 heteroatoms. The van der Waals surface area contributed by atoms with Crippen LogP contribution >= 0.6 is 0 Å². The first-order valence-corrected chi connectivity index (χ1v) is 4.74. The summed E-state index contributed by atoms with van der Waals surface area (Å²) in [5.41, 5.74) is 0.149. The highest BCUT2D eigenvalue weighted by Crippen LogP contribution is 2.29. The lowest BCUT2D eigenvalue weighted by Gasteiger charge is -2.33. The van der Waals surface area contributed by atoms with Gasteiger partial charge in [0.1, 0.15) is 0 Å². The molecule has 2 atom stereocenters. The van der Waals surface area contributed by atoms with Crippen LogP contribution in [-0.2, 0) is 4.79 Å². The maximum Gasteiger partial charge on any atom is 0.207 e. The summed E-state index contributed by atoms with van der Waals surface area (Å²) < 4.78 is 0. The summed E-state index contributed by atoms with van der Waals surface area (Å²) in [6, 6.07) is 0.0718. The van der Waals surface area contributed by atoms with Crippen LogP contribution in [0.4, 0.5) is 0 Å². The van der Waals surface area contributed by atoms with Gasteiger partial charge in [0.05, 0.1) is 0 Å². The molecule has 0 rings (SSSR count). The molecule has 78 valence electrons. The predicted octanol–water partition coefficient (Wildman–Crippen LogP) is 1.17. The molecule has 0 saturated heterocycles. The van der Waals surface area contributed by atoms with E-state index >= 15 is 0 Å². The normalized spacial score (nSPS) is 16.4. The summed E-state index contributed by atoms with van der Waals surface area (Å²) in [4.78, 5) is 10.3. The van der Waals surface area contributed by atoms with Gasteiger partial charge >= 0.3 is 0 Å². The molecule has 0 aliphatic carbocycles. The highest BCUT2D eigenvalue weighted by atomic mass is 16.3. The number of hydrogen-bond donors (Lipinski definition) is 2. The summed E-state index contributed by atoms with van der Waals surface area (Å²) >= 11 is 0. The monoisotopic (exact) mass is 187 g/mol. The van der Waals surface area contributed by atoms with Gasteiger partial charge in [-0.05, 0) is 17.8 Å². The number of aliphatic hydroxyl groups excluding tert-OH is 1. The molecule has 3 nitrogen and oxygen atoms in total. The second-order valence-corrected chi connectivity index (χ2v) is 4.56. The highest BCUT2D eigenvalue weighted by molar-refractivity contribution is 5.46. The SMILES string of the molecule is CC(C(CCO)NC=O)C(C)(C)C. The van der Waals surface area contributed by atoms with E-state index in [2.05, 4.69) is 33.0 Å².